The van der Waals surface area contributed by atoms with Crippen molar-refractivity contribution in [2.75, 3.05) is 7.11 Å². The minimum atomic E-state index is -1.02. The molecule has 0 unspecified atom stereocenters. The lowest BCUT2D eigenvalue weighted by atomic mass is 10.2. The third kappa shape index (κ3) is 2.67. The average molecular weight is 237 g/mol. The van der Waals surface area contributed by atoms with Crippen LogP contribution in [0.4, 0.5) is 0 Å². The molecule has 1 aliphatic rings. The first-order valence-electron chi connectivity index (χ1n) is 5.64. The van der Waals surface area contributed by atoms with Crippen LogP contribution in [-0.4, -0.2) is 29.3 Å². The van der Waals surface area contributed by atoms with E-state index in [0.29, 0.717) is 11.6 Å². The Labute approximate surface area is 99.4 Å². The van der Waals surface area contributed by atoms with E-state index in [0.717, 1.165) is 25.7 Å². The van der Waals surface area contributed by atoms with Crippen molar-refractivity contribution >= 4 is 5.97 Å². The van der Waals surface area contributed by atoms with E-state index in [2.05, 4.69) is 4.98 Å². The second kappa shape index (κ2) is 5.03. The molecule has 92 valence electrons. The Kier molecular flexibility index (Phi) is 3.46. The largest absolute Gasteiger partial charge is 0.485 e. The molecule has 0 spiro atoms. The molecule has 1 fully saturated rings. The molecule has 1 aromatic rings. The van der Waals surface area contributed by atoms with Crippen LogP contribution in [0.2, 0.25) is 0 Å². The summed E-state index contributed by atoms with van der Waals surface area (Å²) in [6, 6.07) is 1.46. The lowest BCUT2D eigenvalue weighted by molar-refractivity contribution is 0.0695. The van der Waals surface area contributed by atoms with E-state index in [1.54, 1.807) is 0 Å². The van der Waals surface area contributed by atoms with Crippen LogP contribution >= 0.6 is 0 Å². The molecule has 1 saturated carbocycles. The van der Waals surface area contributed by atoms with E-state index >= 15 is 0 Å². The number of methoxy groups -OCH3 is 1. The summed E-state index contributed by atoms with van der Waals surface area (Å²) in [4.78, 5) is 14.8. The van der Waals surface area contributed by atoms with Crippen LogP contribution in [0.15, 0.2) is 12.3 Å². The van der Waals surface area contributed by atoms with E-state index in [-0.39, 0.29) is 11.7 Å². The molecule has 5 heteroatoms. The van der Waals surface area contributed by atoms with E-state index in [9.17, 15) is 4.79 Å². The van der Waals surface area contributed by atoms with Gasteiger partial charge in [-0.25, -0.2) is 9.78 Å². The molecule has 0 saturated heterocycles. The van der Waals surface area contributed by atoms with Gasteiger partial charge in [-0.15, -0.1) is 0 Å². The first-order valence-corrected chi connectivity index (χ1v) is 5.64. The number of carbonyl (C=O) groups is 1. The number of ether oxygens (including phenoxy) is 2. The lowest BCUT2D eigenvalue weighted by Gasteiger charge is -2.15. The zero-order chi connectivity index (χ0) is 12.3. The summed E-state index contributed by atoms with van der Waals surface area (Å²) in [6.07, 6.45) is 5.72. The van der Waals surface area contributed by atoms with Crippen molar-refractivity contribution in [2.24, 2.45) is 0 Å². The summed E-state index contributed by atoms with van der Waals surface area (Å²) in [6.45, 7) is 0. The van der Waals surface area contributed by atoms with Crippen LogP contribution in [0, 0.1) is 0 Å². The van der Waals surface area contributed by atoms with Gasteiger partial charge in [-0.05, 0) is 25.7 Å². The smallest absolute Gasteiger partial charge is 0.337 e. The molecule has 17 heavy (non-hydrogen) atoms. The number of nitrogens with zero attached hydrogens (tertiary/aromatic N) is 1. The molecule has 1 N–H and O–H groups in total. The van der Waals surface area contributed by atoms with Crippen molar-refractivity contribution in [1.82, 2.24) is 4.98 Å². The first kappa shape index (κ1) is 11.7. The van der Waals surface area contributed by atoms with Gasteiger partial charge in [0, 0.05) is 12.3 Å². The summed E-state index contributed by atoms with van der Waals surface area (Å²) in [7, 11) is 1.49. The van der Waals surface area contributed by atoms with Crippen LogP contribution in [0.5, 0.6) is 11.6 Å². The quantitative estimate of drug-likeness (QED) is 0.868. The number of carboxylic acids is 1. The molecule has 0 radical (unpaired) electrons. The van der Waals surface area contributed by atoms with Gasteiger partial charge >= 0.3 is 5.97 Å². The van der Waals surface area contributed by atoms with Crippen molar-refractivity contribution < 1.29 is 19.4 Å². The highest BCUT2D eigenvalue weighted by Crippen LogP contribution is 2.30. The molecule has 1 heterocycles. The summed E-state index contributed by atoms with van der Waals surface area (Å²) in [5.41, 5.74) is 0.110. The van der Waals surface area contributed by atoms with Gasteiger partial charge < -0.3 is 14.6 Å². The maximum atomic E-state index is 10.9. The Morgan fingerprint density at radius 3 is 2.76 bits per heavy atom. The highest BCUT2D eigenvalue weighted by atomic mass is 16.5. The van der Waals surface area contributed by atoms with Gasteiger partial charge in [0.05, 0.1) is 18.8 Å². The minimum Gasteiger partial charge on any atom is -0.485 e. The predicted molar refractivity (Wildman–Crippen MR) is 60.6 cm³/mol. The highest BCUT2D eigenvalue weighted by molar-refractivity contribution is 5.87. The van der Waals surface area contributed by atoms with Crippen molar-refractivity contribution in [3.05, 3.63) is 17.8 Å². The third-order valence-electron chi connectivity index (χ3n) is 2.85. The Morgan fingerprint density at radius 1 is 1.47 bits per heavy atom. The maximum absolute atomic E-state index is 10.9. The van der Waals surface area contributed by atoms with Crippen LogP contribution in [0.25, 0.3) is 0 Å². The first-order chi connectivity index (χ1) is 8.20. The fraction of sp³-hybridized carbons (Fsp3) is 0.500. The summed E-state index contributed by atoms with van der Waals surface area (Å²) in [5, 5.41) is 8.90. The van der Waals surface area contributed by atoms with Gasteiger partial charge in [0.15, 0.2) is 5.75 Å². The average Bonchev–Trinajstić information content (AvgIpc) is 2.81. The topological polar surface area (TPSA) is 68.7 Å². The molecule has 5 nitrogen and oxygen atoms in total. The number of hydrogen-bond donors (Lipinski definition) is 1. The maximum Gasteiger partial charge on any atom is 0.337 e. The normalized spacial score (nSPS) is 15.8. The summed E-state index contributed by atoms with van der Waals surface area (Å²) in [5.74, 6) is -0.266. The number of pyridine rings is 1. The second-order valence-electron chi connectivity index (χ2n) is 4.06. The molecular formula is C12H15NO4. The van der Waals surface area contributed by atoms with Crippen LogP contribution < -0.4 is 9.47 Å². The number of hydrogen-bond acceptors (Lipinski definition) is 4. The highest BCUT2D eigenvalue weighted by Gasteiger charge is 2.20. The van der Waals surface area contributed by atoms with Crippen molar-refractivity contribution in [3.8, 4) is 11.6 Å². The minimum absolute atomic E-state index is 0.110. The van der Waals surface area contributed by atoms with Gasteiger partial charge in [0.2, 0.25) is 0 Å². The molecule has 0 aliphatic heterocycles. The van der Waals surface area contributed by atoms with Crippen molar-refractivity contribution in [3.63, 3.8) is 0 Å². The molecule has 0 bridgehead atoms. The van der Waals surface area contributed by atoms with Gasteiger partial charge in [-0.2, -0.15) is 0 Å². The van der Waals surface area contributed by atoms with Gasteiger partial charge in [0.25, 0.3) is 5.88 Å². The number of aromatic carboxylic acids is 1. The number of rotatable bonds is 4. The lowest BCUT2D eigenvalue weighted by Crippen LogP contribution is -2.12. The molecular weight excluding hydrogens is 222 g/mol. The molecule has 1 aliphatic carbocycles. The zero-order valence-corrected chi connectivity index (χ0v) is 9.68. The van der Waals surface area contributed by atoms with Crippen LogP contribution in [0.3, 0.4) is 0 Å². The Bertz CT molecular complexity index is 413. The molecule has 0 atom stereocenters. The van der Waals surface area contributed by atoms with E-state index < -0.39 is 5.97 Å². The van der Waals surface area contributed by atoms with Gasteiger partial charge in [-0.3, -0.25) is 0 Å². The Balaban J connectivity index is 2.21. The third-order valence-corrected chi connectivity index (χ3v) is 2.85. The van der Waals surface area contributed by atoms with E-state index in [1.165, 1.54) is 19.4 Å². The predicted octanol–water partition coefficient (Wildman–Crippen LogP) is 2.11. The standard InChI is InChI=1S/C12H15NO4/c1-16-11-10(17-9-4-2-3-5-9)6-8(7-13-11)12(14)15/h6-7,9H,2-5H2,1H3,(H,14,15). The zero-order valence-electron chi connectivity index (χ0n) is 9.68. The fourth-order valence-corrected chi connectivity index (χ4v) is 1.97. The summed E-state index contributed by atoms with van der Waals surface area (Å²) < 4.78 is 10.8. The Morgan fingerprint density at radius 2 is 2.18 bits per heavy atom. The second-order valence-corrected chi connectivity index (χ2v) is 4.06. The molecule has 0 aromatic carbocycles. The van der Waals surface area contributed by atoms with Crippen molar-refractivity contribution in [1.29, 1.82) is 0 Å². The summed E-state index contributed by atoms with van der Waals surface area (Å²) >= 11 is 0. The Hall–Kier alpha value is -1.78. The van der Waals surface area contributed by atoms with Gasteiger partial charge in [-0.1, -0.05) is 0 Å². The number of carboxylic acid groups (broad SMARTS) is 1. The molecule has 1 aromatic heterocycles. The monoisotopic (exact) mass is 237 g/mol. The SMILES string of the molecule is COc1ncc(C(=O)O)cc1OC1CCCC1. The van der Waals surface area contributed by atoms with Crippen LogP contribution in [0.1, 0.15) is 36.0 Å². The van der Waals surface area contributed by atoms with E-state index in [1.807, 2.05) is 0 Å². The van der Waals surface area contributed by atoms with Crippen molar-refractivity contribution in [2.45, 2.75) is 31.8 Å². The fourth-order valence-electron chi connectivity index (χ4n) is 1.97. The van der Waals surface area contributed by atoms with E-state index in [4.69, 9.17) is 14.6 Å². The van der Waals surface area contributed by atoms with Crippen LogP contribution in [-0.2, 0) is 0 Å². The molecule has 2 rings (SSSR count). The number of aromatic nitrogens is 1. The van der Waals surface area contributed by atoms with Gasteiger partial charge in [0.1, 0.15) is 0 Å². The molecule has 0 amide bonds.